The van der Waals surface area contributed by atoms with Crippen molar-refractivity contribution in [3.63, 3.8) is 0 Å². The van der Waals surface area contributed by atoms with Crippen LogP contribution in [0.5, 0.6) is 5.75 Å². The van der Waals surface area contributed by atoms with Crippen LogP contribution in [-0.4, -0.2) is 21.2 Å². The van der Waals surface area contributed by atoms with Gasteiger partial charge in [-0.1, -0.05) is 52.1 Å². The molecule has 26 heavy (non-hydrogen) atoms. The van der Waals surface area contributed by atoms with Crippen molar-refractivity contribution in [2.75, 3.05) is 0 Å². The van der Waals surface area contributed by atoms with Crippen molar-refractivity contribution in [2.45, 2.75) is 13.0 Å². The Morgan fingerprint density at radius 3 is 2.38 bits per heavy atom. The fourth-order valence-corrected chi connectivity index (χ4v) is 2.83. The van der Waals surface area contributed by atoms with Gasteiger partial charge in [0.25, 0.3) is 0 Å². The molecule has 0 saturated heterocycles. The summed E-state index contributed by atoms with van der Waals surface area (Å²) < 4.78 is 5.00. The lowest BCUT2D eigenvalue weighted by Crippen LogP contribution is -2.26. The largest absolute Gasteiger partial charge is 0.505 e. The van der Waals surface area contributed by atoms with E-state index in [-0.39, 0.29) is 33.6 Å². The molecule has 9 heteroatoms. The van der Waals surface area contributed by atoms with Gasteiger partial charge in [0.1, 0.15) is 0 Å². The molecule has 3 rings (SSSR count). The monoisotopic (exact) mass is 411 g/mol. The molecule has 1 heterocycles. The third kappa shape index (κ3) is 3.93. The molecule has 3 aromatic rings. The Morgan fingerprint density at radius 2 is 1.77 bits per heavy atom. The lowest BCUT2D eigenvalue weighted by atomic mass is 10.1. The van der Waals surface area contributed by atoms with E-state index in [1.807, 2.05) is 19.1 Å². The van der Waals surface area contributed by atoms with Gasteiger partial charge in [0.05, 0.1) is 16.1 Å². The quantitative estimate of drug-likeness (QED) is 0.636. The number of benzene rings is 2. The van der Waals surface area contributed by atoms with Gasteiger partial charge in [-0.2, -0.15) is 4.98 Å². The minimum Gasteiger partial charge on any atom is -0.505 e. The molecule has 6 nitrogen and oxygen atoms in total. The van der Waals surface area contributed by atoms with Crippen LogP contribution in [0, 0.1) is 0 Å². The Bertz CT molecular complexity index is 934. The highest BCUT2D eigenvalue weighted by Gasteiger charge is 2.20. The number of aromatic hydroxyl groups is 1. The Kier molecular flexibility index (Phi) is 5.36. The second-order valence-electron chi connectivity index (χ2n) is 5.46. The van der Waals surface area contributed by atoms with Crippen molar-refractivity contribution in [1.29, 1.82) is 0 Å². The van der Waals surface area contributed by atoms with Crippen molar-refractivity contribution < 1.29 is 14.4 Å². The van der Waals surface area contributed by atoms with E-state index >= 15 is 0 Å². The van der Waals surface area contributed by atoms with Crippen molar-refractivity contribution >= 4 is 40.7 Å². The Labute approximate surface area is 163 Å². The first-order chi connectivity index (χ1) is 12.3. The second-order valence-corrected chi connectivity index (χ2v) is 6.71. The summed E-state index contributed by atoms with van der Waals surface area (Å²) in [6.45, 7) is 1.82. The standard InChI is InChI=1S/C17H12Cl3N3O3/c1-8(9-2-4-11(18)5-3-9)21-16(25)17-22-15(23-26-17)10-6-12(19)14(24)13(20)7-10/h2-8,24H,1H3,(H,21,25). The predicted octanol–water partition coefficient (Wildman–Crippen LogP) is 4.89. The molecule has 1 atom stereocenters. The number of carbonyl (C=O) groups is 1. The maximum absolute atomic E-state index is 12.3. The van der Waals surface area contributed by atoms with Gasteiger partial charge in [0, 0.05) is 10.6 Å². The van der Waals surface area contributed by atoms with Gasteiger partial charge in [-0.15, -0.1) is 0 Å². The summed E-state index contributed by atoms with van der Waals surface area (Å²) in [5, 5.41) is 16.8. The number of phenols is 1. The highest BCUT2D eigenvalue weighted by Crippen LogP contribution is 2.35. The lowest BCUT2D eigenvalue weighted by Gasteiger charge is -2.12. The smallest absolute Gasteiger partial charge is 0.316 e. The van der Waals surface area contributed by atoms with Crippen LogP contribution in [0.15, 0.2) is 40.9 Å². The molecule has 0 aliphatic carbocycles. The topological polar surface area (TPSA) is 88.2 Å². The molecule has 2 N–H and O–H groups in total. The molecular weight excluding hydrogens is 401 g/mol. The van der Waals surface area contributed by atoms with Crippen molar-refractivity contribution in [1.82, 2.24) is 15.5 Å². The van der Waals surface area contributed by atoms with Gasteiger partial charge in [-0.25, -0.2) is 0 Å². The van der Waals surface area contributed by atoms with Crippen molar-refractivity contribution in [2.24, 2.45) is 0 Å². The summed E-state index contributed by atoms with van der Waals surface area (Å²) in [7, 11) is 0. The molecule has 0 fully saturated rings. The zero-order chi connectivity index (χ0) is 18.8. The number of aromatic nitrogens is 2. The van der Waals surface area contributed by atoms with E-state index in [0.717, 1.165) is 5.56 Å². The van der Waals surface area contributed by atoms with Gasteiger partial charge < -0.3 is 14.9 Å². The van der Waals surface area contributed by atoms with Gasteiger partial charge in [0.15, 0.2) is 5.75 Å². The molecule has 1 aromatic heterocycles. The molecule has 0 saturated carbocycles. The Morgan fingerprint density at radius 1 is 1.15 bits per heavy atom. The van der Waals surface area contributed by atoms with E-state index < -0.39 is 5.91 Å². The first-order valence-electron chi connectivity index (χ1n) is 7.43. The van der Waals surface area contributed by atoms with Gasteiger partial charge in [-0.05, 0) is 36.8 Å². The Balaban J connectivity index is 1.77. The molecule has 134 valence electrons. The van der Waals surface area contributed by atoms with Crippen LogP contribution in [-0.2, 0) is 0 Å². The minimum absolute atomic E-state index is 0.0414. The van der Waals surface area contributed by atoms with Crippen LogP contribution in [0.25, 0.3) is 11.4 Å². The van der Waals surface area contributed by atoms with Crippen LogP contribution in [0.4, 0.5) is 0 Å². The lowest BCUT2D eigenvalue weighted by molar-refractivity contribution is 0.0895. The predicted molar refractivity (Wildman–Crippen MR) is 98.8 cm³/mol. The number of halogens is 3. The molecule has 0 bridgehead atoms. The van der Waals surface area contributed by atoms with Gasteiger partial charge in [0.2, 0.25) is 5.82 Å². The first kappa shape index (κ1) is 18.5. The number of rotatable bonds is 4. The molecular formula is C17H12Cl3N3O3. The Hall–Kier alpha value is -2.28. The van der Waals surface area contributed by atoms with E-state index in [9.17, 15) is 9.90 Å². The van der Waals surface area contributed by atoms with Crippen LogP contribution < -0.4 is 5.32 Å². The fourth-order valence-electron chi connectivity index (χ4n) is 2.22. The summed E-state index contributed by atoms with van der Waals surface area (Å²) in [5.74, 6) is -0.850. The van der Waals surface area contributed by atoms with E-state index in [1.165, 1.54) is 12.1 Å². The maximum Gasteiger partial charge on any atom is 0.316 e. The SMILES string of the molecule is CC(NC(=O)c1nc(-c2cc(Cl)c(O)c(Cl)c2)no1)c1ccc(Cl)cc1. The van der Waals surface area contributed by atoms with Gasteiger partial charge >= 0.3 is 11.8 Å². The van der Waals surface area contributed by atoms with Crippen molar-refractivity contribution in [3.8, 4) is 17.1 Å². The maximum atomic E-state index is 12.3. The normalized spacial score (nSPS) is 12.0. The average Bonchev–Trinajstić information content (AvgIpc) is 3.10. The molecule has 0 spiro atoms. The minimum atomic E-state index is -0.526. The van der Waals surface area contributed by atoms with Gasteiger partial charge in [-0.3, -0.25) is 4.79 Å². The molecule has 1 unspecified atom stereocenters. The van der Waals surface area contributed by atoms with Crippen LogP contribution >= 0.6 is 34.8 Å². The first-order valence-corrected chi connectivity index (χ1v) is 8.57. The van der Waals surface area contributed by atoms with E-state index in [2.05, 4.69) is 15.5 Å². The number of nitrogens with zero attached hydrogens (tertiary/aromatic N) is 2. The molecule has 1 amide bonds. The zero-order valence-electron chi connectivity index (χ0n) is 13.3. The van der Waals surface area contributed by atoms with Crippen LogP contribution in [0.2, 0.25) is 15.1 Å². The zero-order valence-corrected chi connectivity index (χ0v) is 15.6. The molecule has 0 radical (unpaired) electrons. The number of phenolic OH excluding ortho intramolecular Hbond substituents is 1. The second kappa shape index (κ2) is 7.53. The summed E-state index contributed by atoms with van der Waals surface area (Å²) in [6.07, 6.45) is 0. The third-order valence-corrected chi connectivity index (χ3v) is 4.44. The number of amides is 1. The summed E-state index contributed by atoms with van der Waals surface area (Å²) in [5.41, 5.74) is 1.28. The molecule has 0 aliphatic rings. The number of hydrogen-bond acceptors (Lipinski definition) is 5. The van der Waals surface area contributed by atoms with Crippen LogP contribution in [0.1, 0.15) is 29.2 Å². The third-order valence-electron chi connectivity index (χ3n) is 3.61. The average molecular weight is 413 g/mol. The number of carbonyl (C=O) groups excluding carboxylic acids is 1. The van der Waals surface area contributed by atoms with Crippen LogP contribution in [0.3, 0.4) is 0 Å². The number of hydrogen-bond donors (Lipinski definition) is 2. The van der Waals surface area contributed by atoms with E-state index in [1.54, 1.807) is 12.1 Å². The summed E-state index contributed by atoms with van der Waals surface area (Å²) in [6, 6.07) is 9.66. The van der Waals surface area contributed by atoms with Crippen molar-refractivity contribution in [3.05, 3.63) is 62.9 Å². The van der Waals surface area contributed by atoms with E-state index in [4.69, 9.17) is 39.3 Å². The number of nitrogens with one attached hydrogen (secondary N) is 1. The molecule has 0 aliphatic heterocycles. The van der Waals surface area contributed by atoms with E-state index in [0.29, 0.717) is 10.6 Å². The highest BCUT2D eigenvalue weighted by atomic mass is 35.5. The fraction of sp³-hybridized carbons (Fsp3) is 0.118. The summed E-state index contributed by atoms with van der Waals surface area (Å²) >= 11 is 17.6. The summed E-state index contributed by atoms with van der Waals surface area (Å²) in [4.78, 5) is 16.3. The molecule has 2 aromatic carbocycles. The highest BCUT2D eigenvalue weighted by molar-refractivity contribution is 6.37.